The van der Waals surface area contributed by atoms with Gasteiger partial charge in [-0.1, -0.05) is 24.9 Å². The van der Waals surface area contributed by atoms with Crippen molar-refractivity contribution in [2.45, 2.75) is 44.8 Å². The maximum Gasteiger partial charge on any atom is 0.123 e. The van der Waals surface area contributed by atoms with Gasteiger partial charge in [-0.3, -0.25) is 4.90 Å². The SMILES string of the molecule is CCN(CC1Cc2cc(Cl)ccc2O1)C1CCCC1CN. The molecule has 1 aliphatic carbocycles. The molecule has 21 heavy (non-hydrogen) atoms. The molecule has 2 N–H and O–H groups in total. The van der Waals surface area contributed by atoms with Crippen LogP contribution >= 0.6 is 11.6 Å². The van der Waals surface area contributed by atoms with Crippen molar-refractivity contribution in [3.63, 3.8) is 0 Å². The lowest BCUT2D eigenvalue weighted by Gasteiger charge is -2.33. The van der Waals surface area contributed by atoms with Crippen molar-refractivity contribution in [1.82, 2.24) is 4.90 Å². The molecule has 3 unspecified atom stereocenters. The Balaban J connectivity index is 1.64. The minimum Gasteiger partial charge on any atom is -0.488 e. The first-order valence-electron chi connectivity index (χ1n) is 8.10. The van der Waals surface area contributed by atoms with Crippen LogP contribution in [0, 0.1) is 5.92 Å². The molecule has 2 aliphatic rings. The zero-order valence-corrected chi connectivity index (χ0v) is 13.5. The fourth-order valence-electron chi connectivity index (χ4n) is 3.92. The van der Waals surface area contributed by atoms with Crippen LogP contribution in [0.3, 0.4) is 0 Å². The van der Waals surface area contributed by atoms with E-state index in [9.17, 15) is 0 Å². The van der Waals surface area contributed by atoms with E-state index in [1.54, 1.807) is 0 Å². The number of nitrogens with two attached hydrogens (primary N) is 1. The lowest BCUT2D eigenvalue weighted by molar-refractivity contribution is 0.104. The number of ether oxygens (including phenoxy) is 1. The topological polar surface area (TPSA) is 38.5 Å². The van der Waals surface area contributed by atoms with E-state index < -0.39 is 0 Å². The summed E-state index contributed by atoms with van der Waals surface area (Å²) in [5, 5.41) is 0.796. The summed E-state index contributed by atoms with van der Waals surface area (Å²) >= 11 is 6.07. The lowest BCUT2D eigenvalue weighted by Crippen LogP contribution is -2.45. The standard InChI is InChI=1S/C17H25ClN2O/c1-2-20(16-5-3-4-12(16)10-19)11-15-9-13-8-14(18)6-7-17(13)21-15/h6-8,12,15-16H,2-5,9-11,19H2,1H3. The molecule has 1 aromatic rings. The minimum absolute atomic E-state index is 0.248. The van der Waals surface area contributed by atoms with E-state index in [2.05, 4.69) is 11.8 Å². The van der Waals surface area contributed by atoms with E-state index in [4.69, 9.17) is 22.1 Å². The highest BCUT2D eigenvalue weighted by Gasteiger charge is 2.33. The van der Waals surface area contributed by atoms with Gasteiger partial charge in [-0.2, -0.15) is 0 Å². The Morgan fingerprint density at radius 3 is 3.00 bits per heavy atom. The third kappa shape index (κ3) is 3.20. The van der Waals surface area contributed by atoms with Crippen molar-refractivity contribution in [1.29, 1.82) is 0 Å². The summed E-state index contributed by atoms with van der Waals surface area (Å²) < 4.78 is 6.09. The van der Waals surface area contributed by atoms with Crippen molar-refractivity contribution in [2.24, 2.45) is 11.7 Å². The van der Waals surface area contributed by atoms with Crippen LogP contribution in [0.2, 0.25) is 5.02 Å². The van der Waals surface area contributed by atoms with Crippen molar-refractivity contribution >= 4 is 11.6 Å². The van der Waals surface area contributed by atoms with Gasteiger partial charge < -0.3 is 10.5 Å². The van der Waals surface area contributed by atoms with Crippen molar-refractivity contribution < 1.29 is 4.74 Å². The van der Waals surface area contributed by atoms with Gasteiger partial charge >= 0.3 is 0 Å². The highest BCUT2D eigenvalue weighted by atomic mass is 35.5. The van der Waals surface area contributed by atoms with Gasteiger partial charge in [0.05, 0.1) is 0 Å². The number of nitrogens with zero attached hydrogens (tertiary/aromatic N) is 1. The predicted molar refractivity (Wildman–Crippen MR) is 87.0 cm³/mol. The molecule has 0 saturated heterocycles. The van der Waals surface area contributed by atoms with Gasteiger partial charge in [-0.15, -0.1) is 0 Å². The van der Waals surface area contributed by atoms with Gasteiger partial charge in [-0.25, -0.2) is 0 Å². The molecule has 0 amide bonds. The van der Waals surface area contributed by atoms with E-state index in [0.717, 1.165) is 36.8 Å². The first-order chi connectivity index (χ1) is 10.2. The molecular weight excluding hydrogens is 284 g/mol. The third-order valence-corrected chi connectivity index (χ3v) is 5.23. The van der Waals surface area contributed by atoms with E-state index in [1.807, 2.05) is 18.2 Å². The lowest BCUT2D eigenvalue weighted by atomic mass is 10.0. The molecule has 0 spiro atoms. The average Bonchev–Trinajstić information content (AvgIpc) is 3.09. The zero-order valence-electron chi connectivity index (χ0n) is 12.7. The Hall–Kier alpha value is -0.770. The first-order valence-corrected chi connectivity index (χ1v) is 8.48. The van der Waals surface area contributed by atoms with E-state index in [-0.39, 0.29) is 6.10 Å². The van der Waals surface area contributed by atoms with Crippen LogP contribution < -0.4 is 10.5 Å². The molecule has 0 bridgehead atoms. The Labute approximate surface area is 132 Å². The van der Waals surface area contributed by atoms with E-state index >= 15 is 0 Å². The normalized spacial score (nSPS) is 27.9. The Kier molecular flexibility index (Phi) is 4.72. The summed E-state index contributed by atoms with van der Waals surface area (Å²) in [6.07, 6.45) is 5.08. The fraction of sp³-hybridized carbons (Fsp3) is 0.647. The second-order valence-corrected chi connectivity index (χ2v) is 6.71. The summed E-state index contributed by atoms with van der Waals surface area (Å²) in [6.45, 7) is 5.11. The summed E-state index contributed by atoms with van der Waals surface area (Å²) in [5.74, 6) is 1.66. The predicted octanol–water partition coefficient (Wildman–Crippen LogP) is 3.09. The quantitative estimate of drug-likeness (QED) is 0.908. The molecule has 1 aliphatic heterocycles. The molecule has 1 saturated carbocycles. The second-order valence-electron chi connectivity index (χ2n) is 6.28. The maximum atomic E-state index is 6.09. The molecule has 1 fully saturated rings. The Morgan fingerprint density at radius 2 is 2.24 bits per heavy atom. The van der Waals surface area contributed by atoms with Gasteiger partial charge in [0, 0.05) is 24.0 Å². The van der Waals surface area contributed by atoms with E-state index in [1.165, 1.54) is 24.8 Å². The van der Waals surface area contributed by atoms with Crippen LogP contribution in [-0.2, 0) is 6.42 Å². The van der Waals surface area contributed by atoms with Crippen LogP contribution in [0.1, 0.15) is 31.7 Å². The van der Waals surface area contributed by atoms with Crippen molar-refractivity contribution in [3.05, 3.63) is 28.8 Å². The smallest absolute Gasteiger partial charge is 0.123 e. The van der Waals surface area contributed by atoms with Crippen LogP contribution in [0.4, 0.5) is 0 Å². The molecule has 0 radical (unpaired) electrons. The van der Waals surface area contributed by atoms with Crippen LogP contribution in [0.25, 0.3) is 0 Å². The van der Waals surface area contributed by atoms with Crippen LogP contribution in [0.15, 0.2) is 18.2 Å². The minimum atomic E-state index is 0.248. The molecular formula is C17H25ClN2O. The number of rotatable bonds is 5. The number of hydrogen-bond acceptors (Lipinski definition) is 3. The Bertz CT molecular complexity index is 494. The summed E-state index contributed by atoms with van der Waals surface area (Å²) in [5.41, 5.74) is 7.18. The van der Waals surface area contributed by atoms with Gasteiger partial charge in [0.2, 0.25) is 0 Å². The molecule has 0 aromatic heterocycles. The average molecular weight is 309 g/mol. The summed E-state index contributed by atoms with van der Waals surface area (Å²) in [6, 6.07) is 6.57. The van der Waals surface area contributed by atoms with Gasteiger partial charge in [0.1, 0.15) is 11.9 Å². The van der Waals surface area contributed by atoms with Crippen molar-refractivity contribution in [3.8, 4) is 5.75 Å². The highest BCUT2D eigenvalue weighted by Crippen LogP contribution is 2.33. The number of hydrogen-bond donors (Lipinski definition) is 1. The molecule has 1 aromatic carbocycles. The van der Waals surface area contributed by atoms with Gasteiger partial charge in [0.15, 0.2) is 0 Å². The zero-order chi connectivity index (χ0) is 14.8. The van der Waals surface area contributed by atoms with Gasteiger partial charge in [-0.05, 0) is 55.6 Å². The fourth-order valence-corrected chi connectivity index (χ4v) is 4.12. The molecule has 3 nitrogen and oxygen atoms in total. The molecule has 1 heterocycles. The highest BCUT2D eigenvalue weighted by molar-refractivity contribution is 6.30. The maximum absolute atomic E-state index is 6.09. The van der Waals surface area contributed by atoms with Crippen molar-refractivity contribution in [2.75, 3.05) is 19.6 Å². The van der Waals surface area contributed by atoms with E-state index in [0.29, 0.717) is 12.0 Å². The first kappa shape index (κ1) is 15.1. The molecule has 3 rings (SSSR count). The molecule has 116 valence electrons. The van der Waals surface area contributed by atoms with Crippen LogP contribution in [0.5, 0.6) is 5.75 Å². The molecule has 4 heteroatoms. The number of benzene rings is 1. The number of fused-ring (bicyclic) bond motifs is 1. The largest absolute Gasteiger partial charge is 0.488 e. The summed E-state index contributed by atoms with van der Waals surface area (Å²) in [7, 11) is 0. The second kappa shape index (κ2) is 6.55. The number of likely N-dealkylation sites (N-methyl/N-ethyl adjacent to an activating group) is 1. The Morgan fingerprint density at radius 1 is 1.38 bits per heavy atom. The summed E-state index contributed by atoms with van der Waals surface area (Å²) in [4.78, 5) is 2.57. The number of halogens is 1. The third-order valence-electron chi connectivity index (χ3n) is 5.00. The van der Waals surface area contributed by atoms with Gasteiger partial charge in [0.25, 0.3) is 0 Å². The van der Waals surface area contributed by atoms with Crippen LogP contribution in [-0.4, -0.2) is 36.7 Å². The molecule has 3 atom stereocenters. The monoisotopic (exact) mass is 308 g/mol.